The van der Waals surface area contributed by atoms with Gasteiger partial charge in [0, 0.05) is 6.07 Å². The Labute approximate surface area is 151 Å². The molecule has 0 radical (unpaired) electrons. The van der Waals surface area contributed by atoms with E-state index < -0.39 is 0 Å². The van der Waals surface area contributed by atoms with Crippen LogP contribution in [0, 0.1) is 20.8 Å². The molecule has 1 heterocycles. The number of amides is 1. The number of carbonyl (C=O) groups excluding carboxylic acids is 1. The highest BCUT2D eigenvalue weighted by Gasteiger charge is 2.09. The van der Waals surface area contributed by atoms with Crippen LogP contribution in [0.15, 0.2) is 36.9 Å². The van der Waals surface area contributed by atoms with Crippen LogP contribution in [0.1, 0.15) is 22.5 Å². The van der Waals surface area contributed by atoms with Gasteiger partial charge in [0.25, 0.3) is 5.91 Å². The molecule has 0 aliphatic carbocycles. The summed E-state index contributed by atoms with van der Waals surface area (Å²) in [5.74, 6) is 0.907. The number of rotatable bonds is 5. The summed E-state index contributed by atoms with van der Waals surface area (Å²) >= 11 is 6.52. The molecule has 5 nitrogen and oxygen atoms in total. The number of benzene rings is 1. The monoisotopic (exact) mass is 442 g/mol. The van der Waals surface area contributed by atoms with E-state index in [0.717, 1.165) is 26.9 Å². The van der Waals surface area contributed by atoms with E-state index in [-0.39, 0.29) is 12.5 Å². The number of furan rings is 1. The first-order valence-electron chi connectivity index (χ1n) is 6.85. The van der Waals surface area contributed by atoms with Crippen LogP contribution < -0.4 is 10.2 Å². The van der Waals surface area contributed by atoms with Gasteiger partial charge in [-0.2, -0.15) is 5.10 Å². The molecular formula is C16H16Br2N2O3. The van der Waals surface area contributed by atoms with Crippen molar-refractivity contribution in [1.29, 1.82) is 0 Å². The Kier molecular flexibility index (Phi) is 6.01. The summed E-state index contributed by atoms with van der Waals surface area (Å²) in [6.45, 7) is 5.82. The predicted octanol–water partition coefficient (Wildman–Crippen LogP) is 4.26. The molecular weight excluding hydrogens is 428 g/mol. The Morgan fingerprint density at radius 3 is 2.65 bits per heavy atom. The number of nitrogens with zero attached hydrogens (tertiary/aromatic N) is 1. The van der Waals surface area contributed by atoms with E-state index in [2.05, 4.69) is 42.4 Å². The topological polar surface area (TPSA) is 63.8 Å². The number of hydrogen-bond donors (Lipinski definition) is 1. The van der Waals surface area contributed by atoms with E-state index >= 15 is 0 Å². The molecule has 2 rings (SSSR count). The van der Waals surface area contributed by atoms with Crippen LogP contribution in [0.25, 0.3) is 0 Å². The van der Waals surface area contributed by atoms with Crippen LogP contribution in [-0.2, 0) is 4.79 Å². The average Bonchev–Trinajstić information content (AvgIpc) is 2.81. The maximum absolute atomic E-state index is 11.8. The first-order chi connectivity index (χ1) is 10.9. The minimum Gasteiger partial charge on any atom is -0.483 e. The Hall–Kier alpha value is -1.60. The van der Waals surface area contributed by atoms with Crippen LogP contribution >= 0.6 is 31.9 Å². The number of hydrogen-bond acceptors (Lipinski definition) is 4. The first-order valence-corrected chi connectivity index (χ1v) is 8.43. The first kappa shape index (κ1) is 17.7. The second-order valence-electron chi connectivity index (χ2n) is 5.01. The molecule has 122 valence electrons. The molecule has 0 fully saturated rings. The molecule has 1 amide bonds. The van der Waals surface area contributed by atoms with Gasteiger partial charge in [0.05, 0.1) is 10.7 Å². The molecule has 23 heavy (non-hydrogen) atoms. The zero-order chi connectivity index (χ0) is 17.0. The number of ether oxygens (including phenoxy) is 1. The van der Waals surface area contributed by atoms with E-state index in [0.29, 0.717) is 10.4 Å². The zero-order valence-electron chi connectivity index (χ0n) is 12.9. The number of aryl methyl sites for hydroxylation is 2. The maximum Gasteiger partial charge on any atom is 0.277 e. The van der Waals surface area contributed by atoms with Crippen LogP contribution in [0.2, 0.25) is 0 Å². The highest BCUT2D eigenvalue weighted by atomic mass is 79.9. The van der Waals surface area contributed by atoms with E-state index in [4.69, 9.17) is 9.15 Å². The van der Waals surface area contributed by atoms with Crippen molar-refractivity contribution in [1.82, 2.24) is 5.43 Å². The van der Waals surface area contributed by atoms with Gasteiger partial charge >= 0.3 is 0 Å². The fraction of sp³-hybridized carbons (Fsp3) is 0.250. The third-order valence-corrected chi connectivity index (χ3v) is 4.98. The van der Waals surface area contributed by atoms with E-state index in [1.54, 1.807) is 6.07 Å². The lowest BCUT2D eigenvalue weighted by Gasteiger charge is -2.13. The Balaban J connectivity index is 1.90. The minimum absolute atomic E-state index is 0.103. The fourth-order valence-electron chi connectivity index (χ4n) is 1.91. The SMILES string of the molecule is Cc1ccc(C)c(OCC(=O)NN=Cc2cc(Br)c(Br)o2)c1C. The summed E-state index contributed by atoms with van der Waals surface area (Å²) < 4.78 is 12.3. The molecule has 0 spiro atoms. The van der Waals surface area contributed by atoms with Crippen LogP contribution in [0.4, 0.5) is 0 Å². The molecule has 0 saturated carbocycles. The average molecular weight is 444 g/mol. The van der Waals surface area contributed by atoms with Crippen molar-refractivity contribution in [2.45, 2.75) is 20.8 Å². The fourth-order valence-corrected chi connectivity index (χ4v) is 2.52. The second kappa shape index (κ2) is 7.79. The number of hydrazone groups is 1. The van der Waals surface area contributed by atoms with Crippen molar-refractivity contribution in [2.75, 3.05) is 6.61 Å². The number of nitrogens with one attached hydrogen (secondary N) is 1. The van der Waals surface area contributed by atoms with Crippen molar-refractivity contribution in [3.63, 3.8) is 0 Å². The third kappa shape index (κ3) is 4.68. The molecule has 0 aliphatic heterocycles. The molecule has 1 aromatic heterocycles. The summed E-state index contributed by atoms with van der Waals surface area (Å²) in [5.41, 5.74) is 5.55. The van der Waals surface area contributed by atoms with Gasteiger partial charge in [-0.15, -0.1) is 0 Å². The Morgan fingerprint density at radius 1 is 1.30 bits per heavy atom. The molecule has 0 bridgehead atoms. The highest BCUT2D eigenvalue weighted by Crippen LogP contribution is 2.26. The summed E-state index contributed by atoms with van der Waals surface area (Å²) in [5, 5.41) is 3.83. The van der Waals surface area contributed by atoms with Crippen LogP contribution in [0.3, 0.4) is 0 Å². The van der Waals surface area contributed by atoms with Crippen molar-refractivity contribution < 1.29 is 13.9 Å². The van der Waals surface area contributed by atoms with Crippen LogP contribution in [0.5, 0.6) is 5.75 Å². The smallest absolute Gasteiger partial charge is 0.277 e. The molecule has 7 heteroatoms. The van der Waals surface area contributed by atoms with Gasteiger partial charge in [0.15, 0.2) is 11.3 Å². The van der Waals surface area contributed by atoms with Crippen molar-refractivity contribution >= 4 is 44.0 Å². The predicted molar refractivity (Wildman–Crippen MR) is 96.0 cm³/mol. The number of halogens is 2. The van der Waals surface area contributed by atoms with Gasteiger partial charge in [-0.25, -0.2) is 5.43 Å². The molecule has 0 saturated heterocycles. The number of carbonyl (C=O) groups is 1. The van der Waals surface area contributed by atoms with Gasteiger partial charge in [0.1, 0.15) is 11.5 Å². The molecule has 0 atom stereocenters. The second-order valence-corrected chi connectivity index (χ2v) is 6.58. The lowest BCUT2D eigenvalue weighted by Crippen LogP contribution is -2.25. The normalized spacial score (nSPS) is 11.0. The molecule has 2 aromatic rings. The zero-order valence-corrected chi connectivity index (χ0v) is 16.1. The molecule has 0 aliphatic rings. The lowest BCUT2D eigenvalue weighted by atomic mass is 10.1. The summed E-state index contributed by atoms with van der Waals surface area (Å²) in [6, 6.07) is 5.73. The highest BCUT2D eigenvalue weighted by molar-refractivity contribution is 9.13. The molecule has 1 aromatic carbocycles. The van der Waals surface area contributed by atoms with Crippen molar-refractivity contribution in [3.8, 4) is 5.75 Å². The van der Waals surface area contributed by atoms with E-state index in [1.165, 1.54) is 6.21 Å². The Bertz CT molecular complexity index is 735. The maximum atomic E-state index is 11.8. The van der Waals surface area contributed by atoms with Crippen molar-refractivity contribution in [2.24, 2.45) is 5.10 Å². The standard InChI is InChI=1S/C16H16Br2N2O3/c1-9-4-5-10(2)15(11(9)3)22-8-14(21)20-19-7-12-6-13(17)16(18)23-12/h4-7H,8H2,1-3H3,(H,20,21). The summed E-state index contributed by atoms with van der Waals surface area (Å²) in [6.07, 6.45) is 1.41. The quantitative estimate of drug-likeness (QED) is 0.554. The van der Waals surface area contributed by atoms with Gasteiger partial charge in [-0.05, 0) is 69.3 Å². The van der Waals surface area contributed by atoms with Gasteiger partial charge < -0.3 is 9.15 Å². The Morgan fingerprint density at radius 2 is 2.00 bits per heavy atom. The van der Waals surface area contributed by atoms with Crippen LogP contribution in [-0.4, -0.2) is 18.7 Å². The van der Waals surface area contributed by atoms with Gasteiger partial charge in [-0.1, -0.05) is 12.1 Å². The molecule has 0 unspecified atom stereocenters. The lowest BCUT2D eigenvalue weighted by molar-refractivity contribution is -0.123. The van der Waals surface area contributed by atoms with Crippen molar-refractivity contribution in [3.05, 3.63) is 49.8 Å². The van der Waals surface area contributed by atoms with Gasteiger partial charge in [-0.3, -0.25) is 4.79 Å². The van der Waals surface area contributed by atoms with Gasteiger partial charge in [0.2, 0.25) is 0 Å². The molecule has 1 N–H and O–H groups in total. The largest absolute Gasteiger partial charge is 0.483 e. The third-order valence-electron chi connectivity index (χ3n) is 3.27. The summed E-state index contributed by atoms with van der Waals surface area (Å²) in [7, 11) is 0. The van der Waals surface area contributed by atoms with E-state index in [9.17, 15) is 4.79 Å². The minimum atomic E-state index is -0.341. The van der Waals surface area contributed by atoms with E-state index in [1.807, 2.05) is 32.9 Å². The summed E-state index contributed by atoms with van der Waals surface area (Å²) in [4.78, 5) is 11.8.